The van der Waals surface area contributed by atoms with Crippen LogP contribution in [0.5, 0.6) is 0 Å². The lowest BCUT2D eigenvalue weighted by atomic mass is 10.2. The monoisotopic (exact) mass is 165 g/mol. The van der Waals surface area contributed by atoms with Crippen LogP contribution in [0, 0.1) is 0 Å². The van der Waals surface area contributed by atoms with Gasteiger partial charge in [-0.05, 0) is 6.42 Å². The lowest BCUT2D eigenvalue weighted by Gasteiger charge is -2.06. The molecule has 0 aromatic rings. The fraction of sp³-hybridized carbons (Fsp3) is 1.00. The first kappa shape index (κ1) is 9.91. The van der Waals surface area contributed by atoms with E-state index in [1.807, 2.05) is 6.92 Å². The van der Waals surface area contributed by atoms with Crippen molar-refractivity contribution in [2.45, 2.75) is 25.8 Å². The maximum atomic E-state index is 10.6. The standard InChI is InChI=1S/C6H15NO2S/c1-3-4-6(7)5-10(2,8)9/h6H,3-5,7H2,1-2H3. The maximum Gasteiger partial charge on any atom is 0.148 e. The van der Waals surface area contributed by atoms with Gasteiger partial charge in [0, 0.05) is 12.3 Å². The highest BCUT2D eigenvalue weighted by Gasteiger charge is 2.08. The van der Waals surface area contributed by atoms with E-state index in [2.05, 4.69) is 0 Å². The molecular weight excluding hydrogens is 150 g/mol. The summed E-state index contributed by atoms with van der Waals surface area (Å²) >= 11 is 0. The van der Waals surface area contributed by atoms with Crippen LogP contribution >= 0.6 is 0 Å². The second kappa shape index (κ2) is 3.93. The van der Waals surface area contributed by atoms with Crippen LogP contribution in [0.2, 0.25) is 0 Å². The van der Waals surface area contributed by atoms with Gasteiger partial charge >= 0.3 is 0 Å². The number of hydrogen-bond donors (Lipinski definition) is 1. The van der Waals surface area contributed by atoms with Crippen molar-refractivity contribution in [2.24, 2.45) is 5.73 Å². The van der Waals surface area contributed by atoms with E-state index in [4.69, 9.17) is 5.73 Å². The van der Waals surface area contributed by atoms with Crippen molar-refractivity contribution < 1.29 is 8.42 Å². The van der Waals surface area contributed by atoms with Gasteiger partial charge < -0.3 is 5.73 Å². The smallest absolute Gasteiger partial charge is 0.148 e. The molecule has 3 nitrogen and oxygen atoms in total. The van der Waals surface area contributed by atoms with Gasteiger partial charge in [0.1, 0.15) is 9.84 Å². The fourth-order valence-corrected chi connectivity index (χ4v) is 1.79. The third-order valence-electron chi connectivity index (χ3n) is 1.18. The predicted molar refractivity (Wildman–Crippen MR) is 42.6 cm³/mol. The number of sulfone groups is 1. The molecule has 0 fully saturated rings. The molecule has 0 aliphatic rings. The minimum absolute atomic E-state index is 0.112. The zero-order valence-electron chi connectivity index (χ0n) is 6.50. The second-order valence-corrected chi connectivity index (χ2v) is 4.83. The summed E-state index contributed by atoms with van der Waals surface area (Å²) in [6.45, 7) is 1.99. The van der Waals surface area contributed by atoms with Crippen LogP contribution < -0.4 is 5.73 Å². The Bertz CT molecular complexity index is 174. The van der Waals surface area contributed by atoms with Crippen molar-refractivity contribution in [1.29, 1.82) is 0 Å². The van der Waals surface area contributed by atoms with Crippen LogP contribution in [0.4, 0.5) is 0 Å². The van der Waals surface area contributed by atoms with Crippen molar-refractivity contribution in [3.63, 3.8) is 0 Å². The van der Waals surface area contributed by atoms with Gasteiger partial charge in [-0.25, -0.2) is 8.42 Å². The minimum Gasteiger partial charge on any atom is -0.327 e. The Morgan fingerprint density at radius 1 is 1.50 bits per heavy atom. The largest absolute Gasteiger partial charge is 0.327 e. The van der Waals surface area contributed by atoms with Crippen LogP contribution in [-0.2, 0) is 9.84 Å². The number of hydrogen-bond acceptors (Lipinski definition) is 3. The topological polar surface area (TPSA) is 60.2 Å². The Balaban J connectivity index is 3.69. The molecule has 62 valence electrons. The van der Waals surface area contributed by atoms with Crippen molar-refractivity contribution in [3.05, 3.63) is 0 Å². The molecular formula is C6H15NO2S. The summed E-state index contributed by atoms with van der Waals surface area (Å²) in [5.74, 6) is 0.112. The van der Waals surface area contributed by atoms with E-state index in [-0.39, 0.29) is 11.8 Å². The summed E-state index contributed by atoms with van der Waals surface area (Å²) in [6, 6.07) is -0.181. The van der Waals surface area contributed by atoms with E-state index < -0.39 is 9.84 Å². The molecule has 10 heavy (non-hydrogen) atoms. The van der Waals surface area contributed by atoms with Gasteiger partial charge in [-0.2, -0.15) is 0 Å². The molecule has 0 amide bonds. The Morgan fingerprint density at radius 3 is 2.30 bits per heavy atom. The van der Waals surface area contributed by atoms with E-state index in [1.165, 1.54) is 6.26 Å². The summed E-state index contributed by atoms with van der Waals surface area (Å²) < 4.78 is 21.3. The first-order valence-corrected chi connectivity index (χ1v) is 5.45. The van der Waals surface area contributed by atoms with E-state index in [1.54, 1.807) is 0 Å². The maximum absolute atomic E-state index is 10.6. The molecule has 0 aliphatic carbocycles. The molecule has 1 unspecified atom stereocenters. The summed E-state index contributed by atoms with van der Waals surface area (Å²) in [5, 5.41) is 0. The molecule has 0 aliphatic heterocycles. The molecule has 2 N–H and O–H groups in total. The summed E-state index contributed by atoms with van der Waals surface area (Å²) in [7, 11) is -2.87. The van der Waals surface area contributed by atoms with Crippen molar-refractivity contribution in [2.75, 3.05) is 12.0 Å². The normalized spacial score (nSPS) is 15.1. The zero-order chi connectivity index (χ0) is 8.20. The molecule has 0 bridgehead atoms. The first-order valence-electron chi connectivity index (χ1n) is 3.39. The molecule has 1 atom stereocenters. The summed E-state index contributed by atoms with van der Waals surface area (Å²) in [4.78, 5) is 0. The van der Waals surface area contributed by atoms with Crippen molar-refractivity contribution in [1.82, 2.24) is 0 Å². The lowest BCUT2D eigenvalue weighted by Crippen LogP contribution is -2.28. The summed E-state index contributed by atoms with van der Waals surface area (Å²) in [5.41, 5.74) is 5.49. The second-order valence-electron chi connectivity index (χ2n) is 2.64. The van der Waals surface area contributed by atoms with Gasteiger partial charge in [0.15, 0.2) is 0 Å². The average molecular weight is 165 g/mol. The molecule has 0 aromatic heterocycles. The number of nitrogens with two attached hydrogens (primary N) is 1. The molecule has 0 saturated heterocycles. The molecule has 0 radical (unpaired) electrons. The van der Waals surface area contributed by atoms with Gasteiger partial charge in [0.25, 0.3) is 0 Å². The molecule has 0 spiro atoms. The van der Waals surface area contributed by atoms with E-state index in [0.717, 1.165) is 12.8 Å². The van der Waals surface area contributed by atoms with E-state index in [0.29, 0.717) is 0 Å². The van der Waals surface area contributed by atoms with Crippen LogP contribution in [0.3, 0.4) is 0 Å². The van der Waals surface area contributed by atoms with Gasteiger partial charge in [0.2, 0.25) is 0 Å². The lowest BCUT2D eigenvalue weighted by molar-refractivity contribution is 0.582. The van der Waals surface area contributed by atoms with E-state index in [9.17, 15) is 8.42 Å². The highest BCUT2D eigenvalue weighted by molar-refractivity contribution is 7.90. The Labute approximate surface area is 62.5 Å². The highest BCUT2D eigenvalue weighted by Crippen LogP contribution is 1.96. The van der Waals surface area contributed by atoms with Crippen molar-refractivity contribution >= 4 is 9.84 Å². The Morgan fingerprint density at radius 2 is 2.00 bits per heavy atom. The zero-order valence-corrected chi connectivity index (χ0v) is 7.32. The fourth-order valence-electron chi connectivity index (χ4n) is 0.843. The first-order chi connectivity index (χ1) is 4.45. The van der Waals surface area contributed by atoms with E-state index >= 15 is 0 Å². The van der Waals surface area contributed by atoms with Crippen LogP contribution in [-0.4, -0.2) is 26.5 Å². The Kier molecular flexibility index (Phi) is 3.89. The molecule has 0 saturated carbocycles. The molecule has 0 rings (SSSR count). The molecule has 0 heterocycles. The van der Waals surface area contributed by atoms with Crippen LogP contribution in [0.15, 0.2) is 0 Å². The average Bonchev–Trinajstić information content (AvgIpc) is 1.59. The Hall–Kier alpha value is -0.0900. The quantitative estimate of drug-likeness (QED) is 0.645. The van der Waals surface area contributed by atoms with Gasteiger partial charge in [0.05, 0.1) is 5.75 Å². The molecule has 4 heteroatoms. The van der Waals surface area contributed by atoms with Crippen LogP contribution in [0.1, 0.15) is 19.8 Å². The van der Waals surface area contributed by atoms with Gasteiger partial charge in [-0.1, -0.05) is 13.3 Å². The molecule has 0 aromatic carbocycles. The third-order valence-corrected chi connectivity index (χ3v) is 2.21. The van der Waals surface area contributed by atoms with Crippen molar-refractivity contribution in [3.8, 4) is 0 Å². The van der Waals surface area contributed by atoms with Crippen LogP contribution in [0.25, 0.3) is 0 Å². The predicted octanol–water partition coefficient (Wildman–Crippen LogP) is 0.158. The SMILES string of the molecule is CCCC(N)CS(C)(=O)=O. The third kappa shape index (κ3) is 6.04. The minimum atomic E-state index is -2.87. The van der Waals surface area contributed by atoms with Gasteiger partial charge in [-0.15, -0.1) is 0 Å². The van der Waals surface area contributed by atoms with Gasteiger partial charge in [-0.3, -0.25) is 0 Å². The number of rotatable bonds is 4. The highest BCUT2D eigenvalue weighted by atomic mass is 32.2. The summed E-state index contributed by atoms with van der Waals surface area (Å²) in [6.07, 6.45) is 2.94.